The summed E-state index contributed by atoms with van der Waals surface area (Å²) in [4.78, 5) is 4.46. The number of benzene rings is 2. The Morgan fingerprint density at radius 2 is 2.05 bits per heavy atom. The third-order valence-corrected chi connectivity index (χ3v) is 4.28. The van der Waals surface area contributed by atoms with E-state index in [1.54, 1.807) is 18.3 Å². The molecule has 0 saturated heterocycles. The number of hydrogen-bond donors (Lipinski definition) is 2. The molecule has 0 fully saturated rings. The molecule has 0 aliphatic rings. The highest BCUT2D eigenvalue weighted by atomic mass is 79.9. The van der Waals surface area contributed by atoms with Crippen molar-refractivity contribution in [2.75, 3.05) is 5.43 Å². The monoisotopic (exact) mass is 422 g/mol. The fourth-order valence-electron chi connectivity index (χ4n) is 2.09. The topological polar surface area (TPSA) is 62.4 Å². The minimum absolute atomic E-state index is 0.138. The van der Waals surface area contributed by atoms with Gasteiger partial charge < -0.3 is 9.67 Å². The van der Waals surface area contributed by atoms with Crippen molar-refractivity contribution in [1.29, 1.82) is 0 Å². The van der Waals surface area contributed by atoms with Crippen LogP contribution in [0, 0.1) is 0 Å². The molecule has 2 N–H and O–H groups in total. The van der Waals surface area contributed by atoms with E-state index in [1.807, 2.05) is 35.9 Å². The van der Waals surface area contributed by atoms with E-state index in [2.05, 4.69) is 47.4 Å². The molecule has 0 amide bonds. The maximum Gasteiger partial charge on any atom is 0.224 e. The van der Waals surface area contributed by atoms with E-state index in [4.69, 9.17) is 0 Å². The van der Waals surface area contributed by atoms with Crippen molar-refractivity contribution >= 4 is 55.1 Å². The van der Waals surface area contributed by atoms with Crippen LogP contribution in [0.4, 0.5) is 5.95 Å². The van der Waals surface area contributed by atoms with Gasteiger partial charge in [0.1, 0.15) is 5.75 Å². The molecule has 3 rings (SSSR count). The number of phenols is 1. The van der Waals surface area contributed by atoms with Gasteiger partial charge in [-0.25, -0.2) is 10.4 Å². The first-order valence-corrected chi connectivity index (χ1v) is 8.03. The van der Waals surface area contributed by atoms with Crippen molar-refractivity contribution < 1.29 is 5.11 Å². The number of nitrogens with zero attached hydrogens (tertiary/aromatic N) is 3. The number of phenolic OH excluding ortho intramolecular Hbond substituents is 1. The lowest BCUT2D eigenvalue weighted by Crippen LogP contribution is -1.99. The number of aromatic hydroxyl groups is 1. The van der Waals surface area contributed by atoms with Gasteiger partial charge in [-0.15, -0.1) is 0 Å². The number of aromatic nitrogens is 2. The minimum atomic E-state index is 0.138. The van der Waals surface area contributed by atoms with Crippen LogP contribution in [-0.4, -0.2) is 20.9 Å². The second-order valence-electron chi connectivity index (χ2n) is 4.68. The minimum Gasteiger partial charge on any atom is -0.506 e. The molecular weight excluding hydrogens is 412 g/mol. The van der Waals surface area contributed by atoms with Gasteiger partial charge in [-0.2, -0.15) is 5.10 Å². The fraction of sp³-hybridized carbons (Fsp3) is 0.0667. The molecule has 0 aliphatic carbocycles. The van der Waals surface area contributed by atoms with Crippen LogP contribution in [0.2, 0.25) is 0 Å². The van der Waals surface area contributed by atoms with Gasteiger partial charge in [0.2, 0.25) is 5.95 Å². The number of rotatable bonds is 3. The zero-order chi connectivity index (χ0) is 15.7. The Bertz CT molecular complexity index is 873. The normalized spacial score (nSPS) is 11.4. The highest BCUT2D eigenvalue weighted by Gasteiger charge is 2.07. The van der Waals surface area contributed by atoms with Gasteiger partial charge in [0, 0.05) is 17.1 Å². The molecule has 0 unspecified atom stereocenters. The smallest absolute Gasteiger partial charge is 0.224 e. The van der Waals surface area contributed by atoms with Crippen LogP contribution in [0.15, 0.2) is 50.4 Å². The second-order valence-corrected chi connectivity index (χ2v) is 6.45. The van der Waals surface area contributed by atoms with E-state index in [0.29, 0.717) is 16.0 Å². The first-order valence-electron chi connectivity index (χ1n) is 6.45. The predicted molar refractivity (Wildman–Crippen MR) is 95.4 cm³/mol. The van der Waals surface area contributed by atoms with Crippen molar-refractivity contribution in [1.82, 2.24) is 9.55 Å². The molecule has 2 aromatic carbocycles. The lowest BCUT2D eigenvalue weighted by molar-refractivity contribution is 0.471. The zero-order valence-electron chi connectivity index (χ0n) is 11.6. The number of hydrazone groups is 1. The van der Waals surface area contributed by atoms with Crippen molar-refractivity contribution in [2.24, 2.45) is 12.1 Å². The third kappa shape index (κ3) is 2.86. The Morgan fingerprint density at radius 3 is 2.82 bits per heavy atom. The molecule has 112 valence electrons. The molecule has 1 heterocycles. The molecule has 1 aromatic heterocycles. The maximum atomic E-state index is 9.98. The number of imidazole rings is 1. The first kappa shape index (κ1) is 15.1. The standard InChI is InChI=1S/C15H12Br2N4O/c1-21-13-5-3-2-4-12(13)19-15(21)20-18-8-9-6-10(16)7-11(17)14(9)22/h2-8,22H,1H3,(H,19,20)/b18-8-. The molecular formula is C15H12Br2N4O. The molecule has 0 spiro atoms. The Labute approximate surface area is 143 Å². The van der Waals surface area contributed by atoms with Crippen molar-refractivity contribution in [2.45, 2.75) is 0 Å². The second kappa shape index (κ2) is 6.10. The summed E-state index contributed by atoms with van der Waals surface area (Å²) >= 11 is 6.67. The highest BCUT2D eigenvalue weighted by molar-refractivity contribution is 9.11. The number of anilines is 1. The maximum absolute atomic E-state index is 9.98. The first-order chi connectivity index (χ1) is 10.6. The van der Waals surface area contributed by atoms with Crippen molar-refractivity contribution in [3.8, 4) is 5.75 Å². The van der Waals surface area contributed by atoms with Gasteiger partial charge in [0.25, 0.3) is 0 Å². The largest absolute Gasteiger partial charge is 0.506 e. The molecule has 0 radical (unpaired) electrons. The summed E-state index contributed by atoms with van der Waals surface area (Å²) in [6, 6.07) is 11.4. The van der Waals surface area contributed by atoms with Crippen molar-refractivity contribution in [3.05, 3.63) is 50.9 Å². The summed E-state index contributed by atoms with van der Waals surface area (Å²) in [5.41, 5.74) is 5.41. The average molecular weight is 424 g/mol. The van der Waals surface area contributed by atoms with E-state index in [1.165, 1.54) is 0 Å². The molecule has 5 nitrogen and oxygen atoms in total. The number of hydrogen-bond acceptors (Lipinski definition) is 4. The van der Waals surface area contributed by atoms with Crippen LogP contribution in [0.25, 0.3) is 11.0 Å². The van der Waals surface area contributed by atoms with Crippen molar-refractivity contribution in [3.63, 3.8) is 0 Å². The Balaban J connectivity index is 1.86. The Hall–Kier alpha value is -1.86. The molecule has 3 aromatic rings. The molecule has 0 bridgehead atoms. The van der Waals surface area contributed by atoms with Gasteiger partial charge >= 0.3 is 0 Å². The van der Waals surface area contributed by atoms with Crippen LogP contribution >= 0.6 is 31.9 Å². The lowest BCUT2D eigenvalue weighted by Gasteiger charge is -2.03. The summed E-state index contributed by atoms with van der Waals surface area (Å²) < 4.78 is 3.37. The van der Waals surface area contributed by atoms with Gasteiger partial charge in [-0.05, 0) is 40.2 Å². The molecule has 7 heteroatoms. The summed E-state index contributed by atoms with van der Waals surface area (Å²) in [6.45, 7) is 0. The lowest BCUT2D eigenvalue weighted by atomic mass is 10.2. The number of halogens is 2. The third-order valence-electron chi connectivity index (χ3n) is 3.21. The van der Waals surface area contributed by atoms with Gasteiger partial charge in [-0.3, -0.25) is 0 Å². The highest BCUT2D eigenvalue weighted by Crippen LogP contribution is 2.30. The fourth-order valence-corrected chi connectivity index (χ4v) is 3.35. The summed E-state index contributed by atoms with van der Waals surface area (Å²) in [5.74, 6) is 0.768. The molecule has 0 atom stereocenters. The molecule has 0 saturated carbocycles. The van der Waals surface area contributed by atoms with E-state index >= 15 is 0 Å². The molecule has 0 aliphatic heterocycles. The van der Waals surface area contributed by atoms with Crippen LogP contribution in [0.3, 0.4) is 0 Å². The van der Waals surface area contributed by atoms with E-state index in [0.717, 1.165) is 15.5 Å². The number of aryl methyl sites for hydroxylation is 1. The predicted octanol–water partition coefficient (Wildman–Crippen LogP) is 4.25. The summed E-state index contributed by atoms with van der Waals surface area (Å²) in [7, 11) is 1.92. The number of fused-ring (bicyclic) bond motifs is 1. The SMILES string of the molecule is Cn1c(N/N=C\c2cc(Br)cc(Br)c2O)nc2ccccc21. The van der Waals surface area contributed by atoms with E-state index < -0.39 is 0 Å². The van der Waals surface area contributed by atoms with Crippen LogP contribution in [-0.2, 0) is 7.05 Å². The summed E-state index contributed by atoms with van der Waals surface area (Å²) in [5, 5.41) is 14.1. The Kier molecular flexibility index (Phi) is 4.17. The average Bonchev–Trinajstić information content (AvgIpc) is 2.81. The van der Waals surface area contributed by atoms with Gasteiger partial charge in [0.15, 0.2) is 0 Å². The summed E-state index contributed by atoms with van der Waals surface area (Å²) in [6.07, 6.45) is 1.55. The van der Waals surface area contributed by atoms with Gasteiger partial charge in [0.05, 0.1) is 21.7 Å². The van der Waals surface area contributed by atoms with Crippen LogP contribution in [0.1, 0.15) is 5.56 Å². The quantitative estimate of drug-likeness (QED) is 0.489. The van der Waals surface area contributed by atoms with E-state index in [9.17, 15) is 5.11 Å². The molecule has 22 heavy (non-hydrogen) atoms. The van der Waals surface area contributed by atoms with E-state index in [-0.39, 0.29) is 5.75 Å². The zero-order valence-corrected chi connectivity index (χ0v) is 14.8. The number of para-hydroxylation sites is 2. The van der Waals surface area contributed by atoms with Crippen LogP contribution < -0.4 is 5.43 Å². The Morgan fingerprint density at radius 1 is 1.27 bits per heavy atom. The van der Waals surface area contributed by atoms with Gasteiger partial charge in [-0.1, -0.05) is 28.1 Å². The number of nitrogens with one attached hydrogen (secondary N) is 1. The van der Waals surface area contributed by atoms with Crippen LogP contribution in [0.5, 0.6) is 5.75 Å².